The zero-order chi connectivity index (χ0) is 16.8. The monoisotopic (exact) mass is 320 g/mol. The van der Waals surface area contributed by atoms with Crippen LogP contribution >= 0.6 is 0 Å². The van der Waals surface area contributed by atoms with Gasteiger partial charge >= 0.3 is 5.97 Å². The van der Waals surface area contributed by atoms with Crippen molar-refractivity contribution in [3.8, 4) is 5.75 Å². The first kappa shape index (κ1) is 19.5. The molecule has 0 aliphatic rings. The summed E-state index contributed by atoms with van der Waals surface area (Å²) < 4.78 is 10.8. The molecule has 3 heteroatoms. The van der Waals surface area contributed by atoms with Gasteiger partial charge in [-0.15, -0.1) is 0 Å². The molecule has 0 amide bonds. The van der Waals surface area contributed by atoms with Crippen molar-refractivity contribution < 1.29 is 14.3 Å². The van der Waals surface area contributed by atoms with E-state index >= 15 is 0 Å². The SMILES string of the molecule is CCCCCCCCCCOc1ccc(C(=O)OCCC)cc1. The minimum absolute atomic E-state index is 0.263. The maximum absolute atomic E-state index is 11.7. The van der Waals surface area contributed by atoms with E-state index in [0.29, 0.717) is 12.2 Å². The number of unbranched alkanes of at least 4 members (excludes halogenated alkanes) is 7. The van der Waals surface area contributed by atoms with Gasteiger partial charge in [0.2, 0.25) is 0 Å². The van der Waals surface area contributed by atoms with Gasteiger partial charge in [0.15, 0.2) is 0 Å². The highest BCUT2D eigenvalue weighted by Crippen LogP contribution is 2.14. The fourth-order valence-corrected chi connectivity index (χ4v) is 2.39. The van der Waals surface area contributed by atoms with Gasteiger partial charge in [0.1, 0.15) is 5.75 Å². The molecule has 0 fully saturated rings. The van der Waals surface area contributed by atoms with Crippen LogP contribution < -0.4 is 4.74 Å². The van der Waals surface area contributed by atoms with Crippen molar-refractivity contribution in [2.45, 2.75) is 71.6 Å². The largest absolute Gasteiger partial charge is 0.494 e. The molecule has 0 heterocycles. The van der Waals surface area contributed by atoms with Crippen LogP contribution in [0.5, 0.6) is 5.75 Å². The zero-order valence-corrected chi connectivity index (χ0v) is 14.8. The van der Waals surface area contributed by atoms with Gasteiger partial charge in [-0.25, -0.2) is 4.79 Å². The van der Waals surface area contributed by atoms with E-state index in [9.17, 15) is 4.79 Å². The highest BCUT2D eigenvalue weighted by atomic mass is 16.5. The van der Waals surface area contributed by atoms with Crippen molar-refractivity contribution in [2.75, 3.05) is 13.2 Å². The Bertz CT molecular complexity index is 411. The highest BCUT2D eigenvalue weighted by molar-refractivity contribution is 5.89. The van der Waals surface area contributed by atoms with Crippen LogP contribution in [0.3, 0.4) is 0 Å². The smallest absolute Gasteiger partial charge is 0.338 e. The molecule has 1 rings (SSSR count). The lowest BCUT2D eigenvalue weighted by atomic mass is 10.1. The first-order valence-corrected chi connectivity index (χ1v) is 9.18. The maximum Gasteiger partial charge on any atom is 0.338 e. The van der Waals surface area contributed by atoms with Crippen molar-refractivity contribution in [3.05, 3.63) is 29.8 Å². The second-order valence-corrected chi connectivity index (χ2v) is 5.98. The van der Waals surface area contributed by atoms with Gasteiger partial charge in [-0.05, 0) is 37.1 Å². The highest BCUT2D eigenvalue weighted by Gasteiger charge is 2.06. The standard InChI is InChI=1S/C20H32O3/c1-3-5-6-7-8-9-10-11-17-22-19-14-12-18(13-15-19)20(21)23-16-4-2/h12-15H,3-11,16-17H2,1-2H3. The van der Waals surface area contributed by atoms with Crippen LogP contribution in [0.15, 0.2) is 24.3 Å². The van der Waals surface area contributed by atoms with Gasteiger partial charge in [-0.2, -0.15) is 0 Å². The predicted molar refractivity (Wildman–Crippen MR) is 95.1 cm³/mol. The lowest BCUT2D eigenvalue weighted by molar-refractivity contribution is 0.0505. The molecule has 23 heavy (non-hydrogen) atoms. The van der Waals surface area contributed by atoms with Crippen LogP contribution in [-0.4, -0.2) is 19.2 Å². The zero-order valence-electron chi connectivity index (χ0n) is 14.8. The van der Waals surface area contributed by atoms with E-state index in [4.69, 9.17) is 9.47 Å². The molecule has 0 aliphatic carbocycles. The summed E-state index contributed by atoms with van der Waals surface area (Å²) in [6, 6.07) is 7.21. The van der Waals surface area contributed by atoms with E-state index in [1.807, 2.05) is 19.1 Å². The molecular formula is C20H32O3. The number of ether oxygens (including phenoxy) is 2. The summed E-state index contributed by atoms with van der Waals surface area (Å²) in [5, 5.41) is 0. The van der Waals surface area contributed by atoms with Crippen LogP contribution in [0, 0.1) is 0 Å². The molecule has 0 N–H and O–H groups in total. The molecule has 0 atom stereocenters. The van der Waals surface area contributed by atoms with Crippen LogP contribution in [0.1, 0.15) is 82.0 Å². The van der Waals surface area contributed by atoms with Gasteiger partial charge in [-0.1, -0.05) is 58.8 Å². The van der Waals surface area contributed by atoms with Crippen LogP contribution in [0.4, 0.5) is 0 Å². The summed E-state index contributed by atoms with van der Waals surface area (Å²) in [7, 11) is 0. The molecular weight excluding hydrogens is 288 g/mol. The Morgan fingerprint density at radius 3 is 2.00 bits per heavy atom. The van der Waals surface area contributed by atoms with Gasteiger partial charge in [-0.3, -0.25) is 0 Å². The van der Waals surface area contributed by atoms with Crippen molar-refractivity contribution in [2.24, 2.45) is 0 Å². The third-order valence-corrected chi connectivity index (χ3v) is 3.79. The Labute approximate surface area is 141 Å². The molecule has 0 unspecified atom stereocenters. The second-order valence-electron chi connectivity index (χ2n) is 5.98. The van der Waals surface area contributed by atoms with E-state index in [1.54, 1.807) is 12.1 Å². The number of carbonyl (C=O) groups is 1. The summed E-state index contributed by atoms with van der Waals surface area (Å²) in [6.07, 6.45) is 11.2. The Balaban J connectivity index is 2.10. The first-order chi connectivity index (χ1) is 11.3. The molecule has 0 saturated heterocycles. The summed E-state index contributed by atoms with van der Waals surface area (Å²) in [6.45, 7) is 5.44. The number of benzene rings is 1. The molecule has 0 aromatic heterocycles. The van der Waals surface area contributed by atoms with Gasteiger partial charge in [0.05, 0.1) is 18.8 Å². The van der Waals surface area contributed by atoms with Crippen molar-refractivity contribution in [1.82, 2.24) is 0 Å². The van der Waals surface area contributed by atoms with Gasteiger partial charge in [0, 0.05) is 0 Å². The quantitative estimate of drug-likeness (QED) is 0.342. The second kappa shape index (κ2) is 13.0. The third kappa shape index (κ3) is 9.27. The fraction of sp³-hybridized carbons (Fsp3) is 0.650. The summed E-state index contributed by atoms with van der Waals surface area (Å²) in [4.78, 5) is 11.7. The Morgan fingerprint density at radius 2 is 1.39 bits per heavy atom. The van der Waals surface area contributed by atoms with Crippen molar-refractivity contribution >= 4 is 5.97 Å². The number of rotatable bonds is 13. The topological polar surface area (TPSA) is 35.5 Å². The molecule has 0 aliphatic heterocycles. The maximum atomic E-state index is 11.7. The molecule has 3 nitrogen and oxygen atoms in total. The Kier molecular flexibility index (Phi) is 11.0. The number of carbonyl (C=O) groups excluding carboxylic acids is 1. The fourth-order valence-electron chi connectivity index (χ4n) is 2.39. The molecule has 130 valence electrons. The minimum Gasteiger partial charge on any atom is -0.494 e. The molecule has 0 radical (unpaired) electrons. The Hall–Kier alpha value is -1.51. The minimum atomic E-state index is -0.263. The van der Waals surface area contributed by atoms with Crippen molar-refractivity contribution in [1.29, 1.82) is 0 Å². The average Bonchev–Trinajstić information content (AvgIpc) is 2.58. The third-order valence-electron chi connectivity index (χ3n) is 3.79. The molecule has 0 bridgehead atoms. The normalized spacial score (nSPS) is 10.5. The first-order valence-electron chi connectivity index (χ1n) is 9.18. The molecule has 1 aromatic rings. The van der Waals surface area contributed by atoms with Crippen LogP contribution in [0.2, 0.25) is 0 Å². The van der Waals surface area contributed by atoms with Crippen molar-refractivity contribution in [3.63, 3.8) is 0 Å². The van der Waals surface area contributed by atoms with Crippen LogP contribution in [-0.2, 0) is 4.74 Å². The number of esters is 1. The van der Waals surface area contributed by atoms with E-state index < -0.39 is 0 Å². The van der Waals surface area contributed by atoms with E-state index in [-0.39, 0.29) is 5.97 Å². The summed E-state index contributed by atoms with van der Waals surface area (Å²) in [5.41, 5.74) is 0.581. The lowest BCUT2D eigenvalue weighted by Crippen LogP contribution is -2.05. The van der Waals surface area contributed by atoms with E-state index in [0.717, 1.165) is 25.2 Å². The number of hydrogen-bond donors (Lipinski definition) is 0. The van der Waals surface area contributed by atoms with Crippen LogP contribution in [0.25, 0.3) is 0 Å². The van der Waals surface area contributed by atoms with Gasteiger partial charge < -0.3 is 9.47 Å². The molecule has 0 spiro atoms. The van der Waals surface area contributed by atoms with E-state index in [1.165, 1.54) is 44.9 Å². The number of hydrogen-bond acceptors (Lipinski definition) is 3. The molecule has 1 aromatic carbocycles. The summed E-state index contributed by atoms with van der Waals surface area (Å²) in [5.74, 6) is 0.557. The lowest BCUT2D eigenvalue weighted by Gasteiger charge is -2.07. The summed E-state index contributed by atoms with van der Waals surface area (Å²) >= 11 is 0. The van der Waals surface area contributed by atoms with E-state index in [2.05, 4.69) is 6.92 Å². The molecule has 0 saturated carbocycles. The van der Waals surface area contributed by atoms with Gasteiger partial charge in [0.25, 0.3) is 0 Å². The average molecular weight is 320 g/mol. The predicted octanol–water partition coefficient (Wildman–Crippen LogP) is 5.77. The Morgan fingerprint density at radius 1 is 0.783 bits per heavy atom.